The molecular weight excluding hydrogens is 220 g/mol. The molecule has 0 amide bonds. The molecule has 1 heterocycles. The highest BCUT2D eigenvalue weighted by Crippen LogP contribution is 2.16. The van der Waals surface area contributed by atoms with Crippen molar-refractivity contribution in [3.63, 3.8) is 0 Å². The average molecular weight is 238 g/mol. The van der Waals surface area contributed by atoms with E-state index < -0.39 is 0 Å². The van der Waals surface area contributed by atoms with Crippen molar-refractivity contribution in [2.45, 2.75) is 25.8 Å². The van der Waals surface area contributed by atoms with Crippen LogP contribution in [-0.4, -0.2) is 16.7 Å². The highest BCUT2D eigenvalue weighted by Gasteiger charge is 2.15. The van der Waals surface area contributed by atoms with Crippen molar-refractivity contribution < 1.29 is 0 Å². The van der Waals surface area contributed by atoms with Crippen LogP contribution >= 0.6 is 0 Å². The van der Waals surface area contributed by atoms with Gasteiger partial charge in [-0.2, -0.15) is 0 Å². The van der Waals surface area contributed by atoms with Gasteiger partial charge in [-0.15, -0.1) is 0 Å². The Balaban J connectivity index is 2.06. The summed E-state index contributed by atoms with van der Waals surface area (Å²) in [5.41, 5.74) is 2.10. The molecule has 2 aromatic rings. The molecule has 2 rings (SSSR count). The van der Waals surface area contributed by atoms with Crippen LogP contribution in [0.15, 0.2) is 59.7 Å². The lowest BCUT2D eigenvalue weighted by Gasteiger charge is -2.19. The molecular formula is C16H18N2. The molecule has 0 fully saturated rings. The van der Waals surface area contributed by atoms with Crippen molar-refractivity contribution in [2.75, 3.05) is 0 Å². The molecule has 1 aromatic carbocycles. The van der Waals surface area contributed by atoms with Crippen molar-refractivity contribution in [3.8, 4) is 0 Å². The first-order valence-electron chi connectivity index (χ1n) is 6.16. The second-order valence-corrected chi connectivity index (χ2v) is 4.99. The first-order chi connectivity index (χ1) is 8.66. The first kappa shape index (κ1) is 12.5. The second kappa shape index (κ2) is 5.58. The third-order valence-corrected chi connectivity index (χ3v) is 2.71. The summed E-state index contributed by atoms with van der Waals surface area (Å²) in [4.78, 5) is 8.87. The lowest BCUT2D eigenvalue weighted by Crippen LogP contribution is -2.20. The van der Waals surface area contributed by atoms with Gasteiger partial charge in [0.25, 0.3) is 0 Å². The number of aromatic nitrogens is 1. The molecule has 0 atom stereocenters. The number of benzene rings is 1. The van der Waals surface area contributed by atoms with E-state index in [-0.39, 0.29) is 5.54 Å². The summed E-state index contributed by atoms with van der Waals surface area (Å²) in [6.07, 6.45) is 4.56. The van der Waals surface area contributed by atoms with Gasteiger partial charge in [-0.25, -0.2) is 0 Å². The van der Waals surface area contributed by atoms with Gasteiger partial charge in [0.1, 0.15) is 0 Å². The Hall–Kier alpha value is -1.96. The van der Waals surface area contributed by atoms with Gasteiger partial charge >= 0.3 is 0 Å². The molecule has 0 radical (unpaired) electrons. The topological polar surface area (TPSA) is 25.2 Å². The third kappa shape index (κ3) is 3.81. The van der Waals surface area contributed by atoms with Gasteiger partial charge in [0, 0.05) is 12.4 Å². The van der Waals surface area contributed by atoms with Gasteiger partial charge in [0.2, 0.25) is 0 Å². The minimum atomic E-state index is -0.112. The summed E-state index contributed by atoms with van der Waals surface area (Å²) >= 11 is 0. The van der Waals surface area contributed by atoms with Gasteiger partial charge in [-0.3, -0.25) is 9.98 Å². The van der Waals surface area contributed by atoms with Gasteiger partial charge < -0.3 is 0 Å². The lowest BCUT2D eigenvalue weighted by atomic mass is 9.96. The highest BCUT2D eigenvalue weighted by molar-refractivity contribution is 5.77. The minimum absolute atomic E-state index is 0.112. The van der Waals surface area contributed by atoms with Gasteiger partial charge in [-0.1, -0.05) is 36.4 Å². The van der Waals surface area contributed by atoms with E-state index in [1.165, 1.54) is 5.56 Å². The van der Waals surface area contributed by atoms with E-state index in [1.807, 2.05) is 30.5 Å². The van der Waals surface area contributed by atoms with Crippen LogP contribution in [0, 0.1) is 0 Å². The molecule has 2 nitrogen and oxygen atoms in total. The first-order valence-corrected chi connectivity index (χ1v) is 6.16. The largest absolute Gasteiger partial charge is 0.285 e. The number of pyridine rings is 1. The molecule has 0 saturated heterocycles. The quantitative estimate of drug-likeness (QED) is 0.748. The zero-order chi connectivity index (χ0) is 12.8. The van der Waals surface area contributed by atoms with Crippen LogP contribution in [0.5, 0.6) is 0 Å². The van der Waals surface area contributed by atoms with Crippen molar-refractivity contribution >= 4 is 6.21 Å². The Kier molecular flexibility index (Phi) is 3.88. The van der Waals surface area contributed by atoms with E-state index in [0.717, 1.165) is 12.1 Å². The fourth-order valence-electron chi connectivity index (χ4n) is 1.83. The Bertz CT molecular complexity index is 501. The van der Waals surface area contributed by atoms with Gasteiger partial charge in [0.05, 0.1) is 11.2 Å². The predicted molar refractivity (Wildman–Crippen MR) is 76.1 cm³/mol. The van der Waals surface area contributed by atoms with Crippen LogP contribution in [0.1, 0.15) is 25.1 Å². The van der Waals surface area contributed by atoms with Crippen LogP contribution in [-0.2, 0) is 6.42 Å². The van der Waals surface area contributed by atoms with Crippen molar-refractivity contribution in [2.24, 2.45) is 4.99 Å². The van der Waals surface area contributed by atoms with E-state index in [9.17, 15) is 0 Å². The number of nitrogens with zero attached hydrogens (tertiary/aromatic N) is 2. The molecule has 0 aliphatic carbocycles. The Labute approximate surface area is 108 Å². The Morgan fingerprint density at radius 1 is 1.06 bits per heavy atom. The zero-order valence-corrected chi connectivity index (χ0v) is 10.9. The number of rotatable bonds is 4. The summed E-state index contributed by atoms with van der Waals surface area (Å²) < 4.78 is 0. The lowest BCUT2D eigenvalue weighted by molar-refractivity contribution is 0.522. The summed E-state index contributed by atoms with van der Waals surface area (Å²) in [5.74, 6) is 0. The Morgan fingerprint density at radius 2 is 1.78 bits per heavy atom. The maximum Gasteiger partial charge on any atom is 0.0808 e. The number of hydrogen-bond acceptors (Lipinski definition) is 2. The predicted octanol–water partition coefficient (Wildman–Crippen LogP) is 3.52. The van der Waals surface area contributed by atoms with Gasteiger partial charge in [0.15, 0.2) is 0 Å². The molecule has 92 valence electrons. The van der Waals surface area contributed by atoms with Crippen LogP contribution in [0.3, 0.4) is 0 Å². The maximum atomic E-state index is 4.63. The monoisotopic (exact) mass is 238 g/mol. The average Bonchev–Trinajstić information content (AvgIpc) is 2.38. The van der Waals surface area contributed by atoms with E-state index in [1.54, 1.807) is 6.20 Å². The molecule has 0 bridgehead atoms. The highest BCUT2D eigenvalue weighted by atomic mass is 14.8. The molecule has 1 aromatic heterocycles. The summed E-state index contributed by atoms with van der Waals surface area (Å²) in [5, 5.41) is 0. The molecule has 0 N–H and O–H groups in total. The fourth-order valence-corrected chi connectivity index (χ4v) is 1.83. The van der Waals surface area contributed by atoms with Crippen molar-refractivity contribution in [1.82, 2.24) is 4.98 Å². The normalized spacial score (nSPS) is 11.9. The van der Waals surface area contributed by atoms with Crippen molar-refractivity contribution in [3.05, 3.63) is 66.0 Å². The molecule has 0 unspecified atom stereocenters. The van der Waals surface area contributed by atoms with Crippen LogP contribution in [0.4, 0.5) is 0 Å². The van der Waals surface area contributed by atoms with E-state index in [4.69, 9.17) is 0 Å². The SMILES string of the molecule is CC(C)(Cc1ccccc1)/N=C/c1ccccn1. The van der Waals surface area contributed by atoms with Crippen LogP contribution in [0.25, 0.3) is 0 Å². The summed E-state index contributed by atoms with van der Waals surface area (Å²) in [6, 6.07) is 16.3. The maximum absolute atomic E-state index is 4.63. The van der Waals surface area contributed by atoms with Gasteiger partial charge in [-0.05, 0) is 38.0 Å². The number of aliphatic imine (C=N–C) groups is 1. The molecule has 0 spiro atoms. The fraction of sp³-hybridized carbons (Fsp3) is 0.250. The summed E-state index contributed by atoms with van der Waals surface area (Å²) in [6.45, 7) is 4.28. The zero-order valence-electron chi connectivity index (χ0n) is 10.9. The second-order valence-electron chi connectivity index (χ2n) is 4.99. The van der Waals surface area contributed by atoms with Crippen LogP contribution in [0.2, 0.25) is 0 Å². The smallest absolute Gasteiger partial charge is 0.0808 e. The minimum Gasteiger partial charge on any atom is -0.285 e. The summed E-state index contributed by atoms with van der Waals surface area (Å²) in [7, 11) is 0. The standard InChI is InChI=1S/C16H18N2/c1-16(2,12-14-8-4-3-5-9-14)18-13-15-10-6-7-11-17-15/h3-11,13H,12H2,1-2H3/b18-13+. The van der Waals surface area contributed by atoms with Crippen molar-refractivity contribution in [1.29, 1.82) is 0 Å². The molecule has 0 saturated carbocycles. The van der Waals surface area contributed by atoms with E-state index in [0.29, 0.717) is 0 Å². The molecule has 0 aliphatic heterocycles. The molecule has 0 aliphatic rings. The van der Waals surface area contributed by atoms with E-state index in [2.05, 4.69) is 48.1 Å². The third-order valence-electron chi connectivity index (χ3n) is 2.71. The number of hydrogen-bond donors (Lipinski definition) is 0. The van der Waals surface area contributed by atoms with Crippen LogP contribution < -0.4 is 0 Å². The molecule has 18 heavy (non-hydrogen) atoms. The Morgan fingerprint density at radius 3 is 2.44 bits per heavy atom. The van der Waals surface area contributed by atoms with E-state index >= 15 is 0 Å². The molecule has 2 heteroatoms.